The Kier molecular flexibility index (Phi) is 3.68. The van der Waals surface area contributed by atoms with Crippen molar-refractivity contribution >= 4 is 10.0 Å². The fraction of sp³-hybridized carbons (Fsp3) is 0.333. The summed E-state index contributed by atoms with van der Waals surface area (Å²) in [5.74, 6) is -0.646. The van der Waals surface area contributed by atoms with Gasteiger partial charge in [0, 0.05) is 6.54 Å². The second kappa shape index (κ2) is 4.53. The van der Waals surface area contributed by atoms with Crippen molar-refractivity contribution in [3.63, 3.8) is 0 Å². The highest BCUT2D eigenvalue weighted by atomic mass is 32.2. The average Bonchev–Trinajstić information content (AvgIpc) is 2.15. The Morgan fingerprint density at radius 3 is 2.41 bits per heavy atom. The molecule has 1 aromatic rings. The molecule has 0 bridgehead atoms. The number of hydrogen-bond donors (Lipinski definition) is 2. The van der Waals surface area contributed by atoms with Crippen LogP contribution in [0.2, 0.25) is 0 Å². The van der Waals surface area contributed by atoms with Crippen LogP contribution in [0, 0.1) is 0 Å². The number of aromatic hydroxyl groups is 1. The van der Waals surface area contributed by atoms with E-state index in [0.29, 0.717) is 6.07 Å². The fourth-order valence-electron chi connectivity index (χ4n) is 1.24. The normalized spacial score (nSPS) is 12.7. The second-order valence-electron chi connectivity index (χ2n) is 3.18. The zero-order chi connectivity index (χ0) is 13.3. The number of benzene rings is 1. The van der Waals surface area contributed by atoms with Gasteiger partial charge >= 0.3 is 6.18 Å². The van der Waals surface area contributed by atoms with Gasteiger partial charge in [-0.05, 0) is 18.2 Å². The van der Waals surface area contributed by atoms with E-state index in [4.69, 9.17) is 5.11 Å². The number of nitrogens with one attached hydrogen (secondary N) is 1. The maximum Gasteiger partial charge on any atom is 0.417 e. The van der Waals surface area contributed by atoms with Crippen LogP contribution in [0.5, 0.6) is 5.75 Å². The first kappa shape index (κ1) is 13.8. The Bertz CT molecular complexity index is 511. The minimum atomic E-state index is -4.85. The minimum absolute atomic E-state index is 0.0273. The number of sulfonamides is 1. The quantitative estimate of drug-likeness (QED) is 0.877. The number of alkyl halides is 3. The number of hydrogen-bond acceptors (Lipinski definition) is 3. The average molecular weight is 269 g/mol. The molecule has 0 aliphatic carbocycles. The third-order valence-corrected chi connectivity index (χ3v) is 3.50. The molecule has 4 nitrogen and oxygen atoms in total. The van der Waals surface area contributed by atoms with Crippen molar-refractivity contribution in [1.29, 1.82) is 0 Å². The molecular formula is C9H10F3NO3S. The van der Waals surface area contributed by atoms with Crippen molar-refractivity contribution in [1.82, 2.24) is 4.72 Å². The summed E-state index contributed by atoms with van der Waals surface area (Å²) in [5.41, 5.74) is -1.39. The van der Waals surface area contributed by atoms with E-state index in [1.165, 1.54) is 6.92 Å². The molecule has 96 valence electrons. The van der Waals surface area contributed by atoms with E-state index >= 15 is 0 Å². The maximum absolute atomic E-state index is 12.6. The van der Waals surface area contributed by atoms with Crippen molar-refractivity contribution < 1.29 is 26.7 Å². The first-order chi connectivity index (χ1) is 7.68. The fourth-order valence-corrected chi connectivity index (χ4v) is 2.49. The summed E-state index contributed by atoms with van der Waals surface area (Å²) in [7, 11) is -4.22. The molecular weight excluding hydrogens is 259 g/mol. The largest absolute Gasteiger partial charge is 0.508 e. The summed E-state index contributed by atoms with van der Waals surface area (Å²) < 4.78 is 62.8. The topological polar surface area (TPSA) is 66.4 Å². The zero-order valence-corrected chi connectivity index (χ0v) is 9.56. The first-order valence-electron chi connectivity index (χ1n) is 4.58. The third kappa shape index (κ3) is 3.10. The van der Waals surface area contributed by atoms with Gasteiger partial charge in [0.05, 0.1) is 10.5 Å². The summed E-state index contributed by atoms with van der Waals surface area (Å²) in [6.45, 7) is 1.42. The van der Waals surface area contributed by atoms with Crippen LogP contribution >= 0.6 is 0 Å². The highest BCUT2D eigenvalue weighted by molar-refractivity contribution is 7.89. The van der Waals surface area contributed by atoms with Gasteiger partial charge in [0.25, 0.3) is 0 Å². The summed E-state index contributed by atoms with van der Waals surface area (Å²) in [4.78, 5) is -0.898. The lowest BCUT2D eigenvalue weighted by atomic mass is 10.2. The Morgan fingerprint density at radius 2 is 1.94 bits per heavy atom. The van der Waals surface area contributed by atoms with Gasteiger partial charge in [0.1, 0.15) is 5.75 Å². The Morgan fingerprint density at radius 1 is 1.35 bits per heavy atom. The second-order valence-corrected chi connectivity index (χ2v) is 4.91. The van der Waals surface area contributed by atoms with Crippen LogP contribution in [0.4, 0.5) is 13.2 Å². The number of rotatable bonds is 3. The summed E-state index contributed by atoms with van der Waals surface area (Å²) in [6, 6.07) is 1.99. The van der Waals surface area contributed by atoms with E-state index in [1.54, 1.807) is 0 Å². The molecule has 8 heteroatoms. The summed E-state index contributed by atoms with van der Waals surface area (Å²) in [5, 5.41) is 8.98. The van der Waals surface area contributed by atoms with Gasteiger partial charge in [-0.3, -0.25) is 0 Å². The predicted octanol–water partition coefficient (Wildman–Crippen LogP) is 1.71. The van der Waals surface area contributed by atoms with Gasteiger partial charge in [0.2, 0.25) is 10.0 Å². The van der Waals surface area contributed by atoms with Crippen molar-refractivity contribution in [2.75, 3.05) is 6.54 Å². The van der Waals surface area contributed by atoms with Gasteiger partial charge < -0.3 is 5.11 Å². The lowest BCUT2D eigenvalue weighted by Crippen LogP contribution is -2.26. The molecule has 0 saturated carbocycles. The highest BCUT2D eigenvalue weighted by Crippen LogP contribution is 2.36. The zero-order valence-electron chi connectivity index (χ0n) is 8.75. The maximum atomic E-state index is 12.6. The van der Waals surface area contributed by atoms with E-state index in [-0.39, 0.29) is 6.54 Å². The lowest BCUT2D eigenvalue weighted by molar-refractivity contribution is -0.140. The molecule has 0 spiro atoms. The van der Waals surface area contributed by atoms with Crippen molar-refractivity contribution in [2.45, 2.75) is 18.0 Å². The molecule has 0 aliphatic rings. The number of halogens is 3. The van der Waals surface area contributed by atoms with Gasteiger partial charge in [-0.1, -0.05) is 6.92 Å². The highest BCUT2D eigenvalue weighted by Gasteiger charge is 2.37. The van der Waals surface area contributed by atoms with Crippen LogP contribution in [-0.4, -0.2) is 20.1 Å². The molecule has 0 amide bonds. The van der Waals surface area contributed by atoms with E-state index in [9.17, 15) is 21.6 Å². The Balaban J connectivity index is 3.45. The van der Waals surface area contributed by atoms with Crippen LogP contribution in [0.25, 0.3) is 0 Å². The molecule has 0 radical (unpaired) electrons. The molecule has 0 unspecified atom stereocenters. The minimum Gasteiger partial charge on any atom is -0.508 e. The summed E-state index contributed by atoms with van der Waals surface area (Å²) in [6.07, 6.45) is -4.85. The third-order valence-electron chi connectivity index (χ3n) is 1.89. The molecule has 0 fully saturated rings. The smallest absolute Gasteiger partial charge is 0.417 e. The molecule has 1 rings (SSSR count). The van der Waals surface area contributed by atoms with E-state index in [0.717, 1.165) is 12.1 Å². The van der Waals surface area contributed by atoms with Crippen molar-refractivity contribution in [2.24, 2.45) is 0 Å². The van der Waals surface area contributed by atoms with E-state index in [1.807, 2.05) is 4.72 Å². The van der Waals surface area contributed by atoms with Crippen LogP contribution in [0.15, 0.2) is 23.1 Å². The van der Waals surface area contributed by atoms with E-state index in [2.05, 4.69) is 0 Å². The number of phenolic OH excluding ortho intramolecular Hbond substituents is 1. The van der Waals surface area contributed by atoms with Gasteiger partial charge in [-0.25, -0.2) is 13.1 Å². The van der Waals surface area contributed by atoms with Gasteiger partial charge in [0.15, 0.2) is 0 Å². The molecule has 17 heavy (non-hydrogen) atoms. The number of phenols is 1. The molecule has 2 N–H and O–H groups in total. The Labute approximate surface area is 96.1 Å². The first-order valence-corrected chi connectivity index (χ1v) is 6.06. The molecule has 0 atom stereocenters. The monoisotopic (exact) mass is 269 g/mol. The van der Waals surface area contributed by atoms with Crippen molar-refractivity contribution in [3.8, 4) is 5.75 Å². The van der Waals surface area contributed by atoms with Crippen molar-refractivity contribution in [3.05, 3.63) is 23.8 Å². The SMILES string of the molecule is CCNS(=O)(=O)c1ccc(O)cc1C(F)(F)F. The van der Waals surface area contributed by atoms with Crippen LogP contribution in [0.3, 0.4) is 0 Å². The molecule has 0 aliphatic heterocycles. The molecule has 1 aromatic carbocycles. The lowest BCUT2D eigenvalue weighted by Gasteiger charge is -2.13. The van der Waals surface area contributed by atoms with Gasteiger partial charge in [-0.15, -0.1) is 0 Å². The molecule has 0 heterocycles. The predicted molar refractivity (Wildman–Crippen MR) is 54.0 cm³/mol. The van der Waals surface area contributed by atoms with Gasteiger partial charge in [-0.2, -0.15) is 13.2 Å². The Hall–Kier alpha value is -1.28. The molecule has 0 aromatic heterocycles. The van der Waals surface area contributed by atoms with Crippen LogP contribution in [0.1, 0.15) is 12.5 Å². The molecule has 0 saturated heterocycles. The van der Waals surface area contributed by atoms with Crippen LogP contribution in [-0.2, 0) is 16.2 Å². The standard InChI is InChI=1S/C9H10F3NO3S/c1-2-13-17(15,16)8-4-3-6(14)5-7(8)9(10,11)12/h3-5,13-14H,2H2,1H3. The van der Waals surface area contributed by atoms with Crippen LogP contribution < -0.4 is 4.72 Å². The summed E-state index contributed by atoms with van der Waals surface area (Å²) >= 11 is 0. The van der Waals surface area contributed by atoms with E-state index < -0.39 is 32.4 Å².